The Morgan fingerprint density at radius 3 is 2.61 bits per heavy atom. The van der Waals surface area contributed by atoms with Crippen molar-refractivity contribution in [3.05, 3.63) is 79.6 Å². The van der Waals surface area contributed by atoms with Crippen LogP contribution in [0.1, 0.15) is 36.7 Å². The summed E-state index contributed by atoms with van der Waals surface area (Å²) in [6.07, 6.45) is 3.01. The summed E-state index contributed by atoms with van der Waals surface area (Å²) in [7, 11) is 0. The molecule has 7 heteroatoms. The van der Waals surface area contributed by atoms with E-state index in [9.17, 15) is 9.59 Å². The first-order valence-corrected chi connectivity index (χ1v) is 11.3. The van der Waals surface area contributed by atoms with E-state index >= 15 is 0 Å². The smallest absolute Gasteiger partial charge is 0.263 e. The van der Waals surface area contributed by atoms with Crippen LogP contribution in [0.5, 0.6) is 5.75 Å². The molecule has 4 rings (SSSR count). The van der Waals surface area contributed by atoms with Gasteiger partial charge in [0.05, 0.1) is 18.5 Å². The van der Waals surface area contributed by atoms with Gasteiger partial charge in [-0.1, -0.05) is 44.2 Å². The van der Waals surface area contributed by atoms with Crippen molar-refractivity contribution >= 4 is 21.6 Å². The number of fused-ring (bicyclic) bond motifs is 1. The molecule has 0 unspecified atom stereocenters. The largest absolute Gasteiger partial charge is 0.488 e. The number of aryl methyl sites for hydroxylation is 2. The van der Waals surface area contributed by atoms with Crippen LogP contribution in [0.25, 0.3) is 21.3 Å². The zero-order valence-corrected chi connectivity index (χ0v) is 18.7. The summed E-state index contributed by atoms with van der Waals surface area (Å²) in [5.74, 6) is 0.993. The second kappa shape index (κ2) is 8.89. The van der Waals surface area contributed by atoms with E-state index in [2.05, 4.69) is 4.98 Å². The molecule has 31 heavy (non-hydrogen) atoms. The van der Waals surface area contributed by atoms with Gasteiger partial charge in [0, 0.05) is 34.8 Å². The van der Waals surface area contributed by atoms with Crippen LogP contribution in [0.2, 0.25) is 0 Å². The third-order valence-corrected chi connectivity index (χ3v) is 6.17. The van der Waals surface area contributed by atoms with Crippen molar-refractivity contribution in [2.24, 2.45) is 0 Å². The van der Waals surface area contributed by atoms with Crippen LogP contribution < -0.4 is 15.7 Å². The molecule has 0 radical (unpaired) electrons. The Labute approximate surface area is 184 Å². The third-order valence-electron chi connectivity index (χ3n) is 5.17. The lowest BCUT2D eigenvalue weighted by molar-refractivity contribution is 0.313. The molecule has 1 aromatic carbocycles. The van der Waals surface area contributed by atoms with Crippen LogP contribution in [0.4, 0.5) is 0 Å². The fourth-order valence-electron chi connectivity index (χ4n) is 3.71. The molecule has 0 atom stereocenters. The molecule has 3 aromatic heterocycles. The van der Waals surface area contributed by atoms with E-state index in [1.807, 2.05) is 51.1 Å². The fourth-order valence-corrected chi connectivity index (χ4v) is 4.76. The first kappa shape index (κ1) is 21.1. The normalized spacial score (nSPS) is 11.2. The molecule has 3 heterocycles. The number of aromatic nitrogens is 3. The maximum atomic E-state index is 13.6. The van der Waals surface area contributed by atoms with Gasteiger partial charge in [-0.25, -0.2) is 4.98 Å². The number of thiophene rings is 1. The van der Waals surface area contributed by atoms with Crippen molar-refractivity contribution in [1.29, 1.82) is 0 Å². The highest BCUT2D eigenvalue weighted by Crippen LogP contribution is 2.35. The average molecular weight is 436 g/mol. The van der Waals surface area contributed by atoms with Gasteiger partial charge in [-0.15, -0.1) is 11.3 Å². The molecule has 4 aromatic rings. The summed E-state index contributed by atoms with van der Waals surface area (Å²) in [5, 5.41) is 0.635. The van der Waals surface area contributed by atoms with E-state index in [1.54, 1.807) is 22.1 Å². The first-order chi connectivity index (χ1) is 15.0. The molecule has 0 spiro atoms. The predicted octanol–water partition coefficient (Wildman–Crippen LogP) is 4.52. The Balaban J connectivity index is 1.83. The second-order valence-electron chi connectivity index (χ2n) is 7.39. The highest BCUT2D eigenvalue weighted by Gasteiger charge is 2.19. The summed E-state index contributed by atoms with van der Waals surface area (Å²) >= 11 is 1.55. The lowest BCUT2D eigenvalue weighted by atomic mass is 10.0. The van der Waals surface area contributed by atoms with Crippen molar-refractivity contribution in [3.8, 4) is 16.9 Å². The summed E-state index contributed by atoms with van der Waals surface area (Å²) < 4.78 is 7.13. The van der Waals surface area contributed by atoms with Crippen molar-refractivity contribution in [3.63, 3.8) is 0 Å². The zero-order valence-electron chi connectivity index (χ0n) is 17.9. The van der Waals surface area contributed by atoms with E-state index in [0.717, 1.165) is 27.3 Å². The van der Waals surface area contributed by atoms with Gasteiger partial charge in [0.15, 0.2) is 5.75 Å². The van der Waals surface area contributed by atoms with Crippen molar-refractivity contribution in [2.45, 2.75) is 40.2 Å². The number of aromatic amines is 1. The highest BCUT2D eigenvalue weighted by molar-refractivity contribution is 7.19. The molecule has 0 bridgehead atoms. The van der Waals surface area contributed by atoms with Gasteiger partial charge < -0.3 is 9.72 Å². The minimum Gasteiger partial charge on any atom is -0.488 e. The Morgan fingerprint density at radius 1 is 1.16 bits per heavy atom. The number of nitrogens with one attached hydrogen (secondary N) is 1. The highest BCUT2D eigenvalue weighted by atomic mass is 32.1. The van der Waals surface area contributed by atoms with Crippen LogP contribution >= 0.6 is 11.3 Å². The third kappa shape index (κ3) is 4.05. The quantitative estimate of drug-likeness (QED) is 0.463. The predicted molar refractivity (Wildman–Crippen MR) is 125 cm³/mol. The summed E-state index contributed by atoms with van der Waals surface area (Å²) in [6, 6.07) is 11.4. The number of pyridine rings is 1. The van der Waals surface area contributed by atoms with E-state index in [-0.39, 0.29) is 17.5 Å². The molecular formula is C24H25N3O3S. The van der Waals surface area contributed by atoms with Gasteiger partial charge in [0.25, 0.3) is 5.56 Å². The average Bonchev–Trinajstić information content (AvgIpc) is 3.11. The van der Waals surface area contributed by atoms with Crippen molar-refractivity contribution < 1.29 is 4.74 Å². The van der Waals surface area contributed by atoms with Gasteiger partial charge >= 0.3 is 0 Å². The molecule has 0 saturated carbocycles. The molecule has 0 aliphatic heterocycles. The van der Waals surface area contributed by atoms with Crippen LogP contribution in [0, 0.1) is 6.92 Å². The van der Waals surface area contributed by atoms with Crippen LogP contribution in [-0.4, -0.2) is 21.1 Å². The number of H-pyrrole nitrogens is 1. The van der Waals surface area contributed by atoms with Gasteiger partial charge in [-0.2, -0.15) is 0 Å². The Morgan fingerprint density at radius 2 is 1.94 bits per heavy atom. The monoisotopic (exact) mass is 435 g/mol. The van der Waals surface area contributed by atoms with Crippen LogP contribution in [0.3, 0.4) is 0 Å². The Kier molecular flexibility index (Phi) is 6.04. The first-order valence-electron chi connectivity index (χ1n) is 10.5. The standard InChI is InChI=1S/C24H25N3O3S/c1-4-11-30-19-13-25-17(12-18(19)28)14-27-20(5-2)26-23-22(24(27)29)21(15(3)31-23)16-9-7-6-8-10-16/h6-10,12-13H,4-5,11,14H2,1-3H3,(H,25,28). The van der Waals surface area contributed by atoms with E-state index in [0.29, 0.717) is 35.7 Å². The zero-order chi connectivity index (χ0) is 22.0. The van der Waals surface area contributed by atoms with Gasteiger partial charge in [0.1, 0.15) is 10.7 Å². The molecule has 160 valence electrons. The SMILES string of the molecule is CCCOc1c[nH]c(Cn2c(CC)nc3sc(C)c(-c4ccccc4)c3c2=O)cc1=O. The van der Waals surface area contributed by atoms with Gasteiger partial charge in [-0.3, -0.25) is 14.2 Å². The topological polar surface area (TPSA) is 77.0 Å². The van der Waals surface area contributed by atoms with E-state index in [1.165, 1.54) is 6.07 Å². The van der Waals surface area contributed by atoms with Gasteiger partial charge in [0.2, 0.25) is 5.43 Å². The molecule has 0 fully saturated rings. The number of hydrogen-bond donors (Lipinski definition) is 1. The number of hydrogen-bond acceptors (Lipinski definition) is 5. The number of benzene rings is 1. The molecule has 1 N–H and O–H groups in total. The lowest BCUT2D eigenvalue weighted by Crippen LogP contribution is -2.26. The number of nitrogens with zero attached hydrogens (tertiary/aromatic N) is 2. The Bertz CT molecular complexity index is 1340. The van der Waals surface area contributed by atoms with Crippen LogP contribution in [0.15, 0.2) is 52.2 Å². The minimum absolute atomic E-state index is 0.0859. The number of rotatable bonds is 7. The fraction of sp³-hybridized carbons (Fsp3) is 0.292. The van der Waals surface area contributed by atoms with Gasteiger partial charge in [-0.05, 0) is 18.9 Å². The molecule has 0 aliphatic carbocycles. The molecule has 0 saturated heterocycles. The van der Waals surface area contributed by atoms with Crippen molar-refractivity contribution in [2.75, 3.05) is 6.61 Å². The van der Waals surface area contributed by atoms with E-state index < -0.39 is 0 Å². The second-order valence-corrected chi connectivity index (χ2v) is 8.59. The lowest BCUT2D eigenvalue weighted by Gasteiger charge is -2.12. The van der Waals surface area contributed by atoms with E-state index in [4.69, 9.17) is 9.72 Å². The molecule has 0 aliphatic rings. The molecular weight excluding hydrogens is 410 g/mol. The molecule has 6 nitrogen and oxygen atoms in total. The summed E-state index contributed by atoms with van der Waals surface area (Å²) in [5.41, 5.74) is 2.30. The maximum Gasteiger partial charge on any atom is 0.263 e. The minimum atomic E-state index is -0.196. The summed E-state index contributed by atoms with van der Waals surface area (Å²) in [4.78, 5) is 35.7. The van der Waals surface area contributed by atoms with Crippen LogP contribution in [-0.2, 0) is 13.0 Å². The molecule has 0 amide bonds. The maximum absolute atomic E-state index is 13.6. The van der Waals surface area contributed by atoms with Crippen molar-refractivity contribution in [1.82, 2.24) is 14.5 Å². The summed E-state index contributed by atoms with van der Waals surface area (Å²) in [6.45, 7) is 6.73. The Hall–Kier alpha value is -3.19. The number of ether oxygens (including phenoxy) is 1.